The molecule has 230 valence electrons. The number of rotatable bonds is 20. The van der Waals surface area contributed by atoms with Gasteiger partial charge in [-0.05, 0) is 39.8 Å². The maximum Gasteiger partial charge on any atom is 1.00 e. The first-order chi connectivity index (χ1) is 18.8. The van der Waals surface area contributed by atoms with E-state index in [1.807, 2.05) is 0 Å². The number of carbonyl (C=O) groups is 2. The average molecular weight is 680 g/mol. The van der Waals surface area contributed by atoms with E-state index in [0.29, 0.717) is 0 Å². The monoisotopic (exact) mass is 680 g/mol. The van der Waals surface area contributed by atoms with Gasteiger partial charge in [0.05, 0.1) is 52.1 Å². The number of benzene rings is 1. The molecule has 42 heavy (non-hydrogen) atoms. The average Bonchev–Trinajstić information content (AvgIpc) is 2.85. The fourth-order valence-corrected chi connectivity index (χ4v) is 5.42. The summed E-state index contributed by atoms with van der Waals surface area (Å²) in [6, 6.07) is 5.63. The van der Waals surface area contributed by atoms with Crippen LogP contribution >= 0.6 is 23.5 Å². The zero-order valence-electron chi connectivity index (χ0n) is 24.3. The molecule has 0 fully saturated rings. The van der Waals surface area contributed by atoms with Crippen LogP contribution in [0, 0.1) is 0 Å². The molecule has 1 aromatic carbocycles. The van der Waals surface area contributed by atoms with Crippen LogP contribution in [-0.2, 0) is 50.1 Å². The van der Waals surface area contributed by atoms with Crippen molar-refractivity contribution in [1.29, 1.82) is 0 Å². The fraction of sp³-hybridized carbons (Fsp3) is 0.600. The summed E-state index contributed by atoms with van der Waals surface area (Å²) in [5.41, 5.74) is -0.136. The Morgan fingerprint density at radius 1 is 0.810 bits per heavy atom. The van der Waals surface area contributed by atoms with Crippen LogP contribution in [0.3, 0.4) is 0 Å². The van der Waals surface area contributed by atoms with Crippen LogP contribution in [0.25, 0.3) is 0 Å². The van der Waals surface area contributed by atoms with Crippen molar-refractivity contribution in [2.24, 2.45) is 0 Å². The topological polar surface area (TPSA) is 229 Å². The van der Waals surface area contributed by atoms with Crippen molar-refractivity contribution in [2.75, 3.05) is 51.7 Å². The summed E-state index contributed by atoms with van der Waals surface area (Å²) in [6.45, 7) is 4.12. The molecule has 0 radical (unpaired) electrons. The molecular formula is C20H33N2Na2O15P3. The van der Waals surface area contributed by atoms with Crippen molar-refractivity contribution >= 4 is 41.2 Å². The maximum absolute atomic E-state index is 12.9. The summed E-state index contributed by atoms with van der Waals surface area (Å²) in [5, 5.41) is 4.70. The summed E-state index contributed by atoms with van der Waals surface area (Å²) in [4.78, 5) is 45.8. The Balaban J connectivity index is 0. The summed E-state index contributed by atoms with van der Waals surface area (Å²) in [6.07, 6.45) is -2.47. The van der Waals surface area contributed by atoms with Crippen LogP contribution < -0.4 is 79.5 Å². The maximum atomic E-state index is 12.9. The number of para-hydroxylation sites is 1. The van der Waals surface area contributed by atoms with Gasteiger partial charge in [0.25, 0.3) is 5.91 Å². The van der Waals surface area contributed by atoms with Crippen LogP contribution in [-0.4, -0.2) is 64.5 Å². The van der Waals surface area contributed by atoms with Gasteiger partial charge in [0.2, 0.25) is 0 Å². The molecule has 1 aromatic rings. The van der Waals surface area contributed by atoms with Crippen molar-refractivity contribution in [3.05, 3.63) is 29.8 Å². The van der Waals surface area contributed by atoms with Gasteiger partial charge in [-0.2, -0.15) is 0 Å². The van der Waals surface area contributed by atoms with E-state index in [1.165, 1.54) is 24.3 Å². The molecule has 0 spiro atoms. The van der Waals surface area contributed by atoms with Crippen molar-refractivity contribution in [3.63, 3.8) is 0 Å². The third-order valence-electron chi connectivity index (χ3n) is 4.15. The number of carbonyl (C=O) groups excluding carboxylic acids is 2. The van der Waals surface area contributed by atoms with E-state index in [2.05, 4.69) is 19.9 Å². The van der Waals surface area contributed by atoms with E-state index in [-0.39, 0.29) is 103 Å². The molecule has 1 rings (SSSR count). The third-order valence-corrected chi connectivity index (χ3v) is 7.89. The van der Waals surface area contributed by atoms with Gasteiger partial charge in [0, 0.05) is 6.54 Å². The fourth-order valence-electron chi connectivity index (χ4n) is 2.71. The molecule has 0 saturated carbocycles. The quantitative estimate of drug-likeness (QED) is 0.0775. The normalized spacial score (nSPS) is 12.4. The predicted molar refractivity (Wildman–Crippen MR) is 135 cm³/mol. The molecule has 22 heteroatoms. The molecule has 0 heterocycles. The molecule has 0 bridgehead atoms. The van der Waals surface area contributed by atoms with Gasteiger partial charge in [-0.15, -0.1) is 0 Å². The van der Waals surface area contributed by atoms with Crippen molar-refractivity contribution in [3.8, 4) is 0 Å². The Bertz CT molecular complexity index is 1070. The number of nitrogens with one attached hydrogen (secondary N) is 2. The van der Waals surface area contributed by atoms with Crippen LogP contribution in [0.5, 0.6) is 0 Å². The number of hydrogen-bond donors (Lipinski definition) is 2. The van der Waals surface area contributed by atoms with Crippen molar-refractivity contribution in [2.45, 2.75) is 33.8 Å². The third kappa shape index (κ3) is 18.3. The van der Waals surface area contributed by atoms with E-state index in [0.717, 1.165) is 0 Å². The summed E-state index contributed by atoms with van der Waals surface area (Å²) >= 11 is 0. The largest absolute Gasteiger partial charge is 1.00 e. The predicted octanol–water partition coefficient (Wildman–Crippen LogP) is -3.46. The second-order valence-electron chi connectivity index (χ2n) is 7.10. The SMILES string of the molecule is CCOP(=O)(OCC)OCC(CNC(=O)c1ccccc1NC(=O)OCOP(=O)([O-])[O-])OP(=O)(OCC)OCC.[Na+].[Na+]. The Hall–Kier alpha value is 0.290. The zero-order valence-corrected chi connectivity index (χ0v) is 31.0. The molecule has 17 nitrogen and oxygen atoms in total. The standard InChI is InChI=1S/C20H35N2O15P3.2Na/c1-5-31-39(28,32-6-2)35-14-16(37-40(29,33-7-3)34-8-4)13-21-19(23)17-11-9-10-12-18(17)22-20(24)30-15-36-38(25,26)27;;/h9-12,16H,5-8,13-15H2,1-4H3,(H,21,23)(H,22,24)(H2,25,26,27);;/q;2*+1/p-2. The molecule has 2 amide bonds. The molecule has 0 saturated heterocycles. The van der Waals surface area contributed by atoms with Crippen LogP contribution in [0.4, 0.5) is 10.5 Å². The van der Waals surface area contributed by atoms with Crippen LogP contribution in [0.1, 0.15) is 38.1 Å². The van der Waals surface area contributed by atoms with Gasteiger partial charge < -0.3 is 28.9 Å². The van der Waals surface area contributed by atoms with Crippen molar-refractivity contribution in [1.82, 2.24) is 5.32 Å². The van der Waals surface area contributed by atoms with Gasteiger partial charge >= 0.3 is 80.9 Å². The summed E-state index contributed by atoms with van der Waals surface area (Å²) < 4.78 is 75.5. The molecular weight excluding hydrogens is 647 g/mol. The number of phosphoric acid groups is 3. The molecule has 0 aliphatic heterocycles. The Labute approximate surface area is 288 Å². The van der Waals surface area contributed by atoms with Crippen LogP contribution in [0.2, 0.25) is 0 Å². The smallest absolute Gasteiger partial charge is 0.790 e. The number of phosphoric ester groups is 3. The Morgan fingerprint density at radius 3 is 1.86 bits per heavy atom. The van der Waals surface area contributed by atoms with E-state index in [4.69, 9.17) is 27.1 Å². The minimum Gasteiger partial charge on any atom is -0.790 e. The van der Waals surface area contributed by atoms with E-state index in [9.17, 15) is 33.1 Å². The zero-order chi connectivity index (χ0) is 30.2. The molecule has 0 aliphatic rings. The second kappa shape index (κ2) is 22.7. The molecule has 0 aromatic heterocycles. The molecule has 0 aliphatic carbocycles. The van der Waals surface area contributed by atoms with Gasteiger partial charge in [-0.25, -0.2) is 13.9 Å². The van der Waals surface area contributed by atoms with Gasteiger partial charge in [0.1, 0.15) is 6.10 Å². The first kappa shape index (κ1) is 44.4. The number of amides is 2. The molecule has 2 N–H and O–H groups in total. The first-order valence-corrected chi connectivity index (χ1v) is 16.3. The molecule has 1 unspecified atom stereocenters. The van der Waals surface area contributed by atoms with Gasteiger partial charge in [-0.1, -0.05) is 12.1 Å². The second-order valence-corrected chi connectivity index (χ2v) is 11.5. The van der Waals surface area contributed by atoms with Crippen molar-refractivity contribution < 1.29 is 129 Å². The summed E-state index contributed by atoms with van der Waals surface area (Å²) in [7, 11) is -13.5. The number of anilines is 1. The summed E-state index contributed by atoms with van der Waals surface area (Å²) in [5.74, 6) is -0.759. The van der Waals surface area contributed by atoms with E-state index < -0.39 is 55.0 Å². The minimum absolute atomic E-state index is 0. The van der Waals surface area contributed by atoms with Crippen LogP contribution in [0.15, 0.2) is 24.3 Å². The number of hydrogen-bond acceptors (Lipinski definition) is 15. The Kier molecular flexibility index (Phi) is 24.0. The van der Waals surface area contributed by atoms with Gasteiger partial charge in [0.15, 0.2) is 6.79 Å². The first-order valence-electron chi connectivity index (χ1n) is 11.9. The molecule has 1 atom stereocenters. The van der Waals surface area contributed by atoms with E-state index >= 15 is 0 Å². The van der Waals surface area contributed by atoms with Gasteiger partial charge in [-0.3, -0.25) is 37.3 Å². The minimum atomic E-state index is -5.36. The van der Waals surface area contributed by atoms with E-state index in [1.54, 1.807) is 27.7 Å². The Morgan fingerprint density at radius 2 is 1.33 bits per heavy atom. The number of ether oxygens (including phenoxy) is 1.